The van der Waals surface area contributed by atoms with Crippen molar-refractivity contribution in [1.29, 1.82) is 0 Å². The predicted octanol–water partition coefficient (Wildman–Crippen LogP) is 4.85. The van der Waals surface area contributed by atoms with Crippen molar-refractivity contribution in [3.63, 3.8) is 0 Å². The van der Waals surface area contributed by atoms with E-state index in [-0.39, 0.29) is 17.2 Å². The minimum absolute atomic E-state index is 0.0695. The number of likely N-dealkylation sites (tertiary alicyclic amines) is 1. The third-order valence-electron chi connectivity index (χ3n) is 5.66. The molecule has 0 spiro atoms. The molecule has 0 bridgehead atoms. The summed E-state index contributed by atoms with van der Waals surface area (Å²) in [5.74, 6) is 0.848. The summed E-state index contributed by atoms with van der Waals surface area (Å²) < 4.78 is 7.08. The normalized spacial score (nSPS) is 14.4. The Labute approximate surface area is 196 Å². The largest absolute Gasteiger partial charge is 0.495 e. The molecule has 2 heterocycles. The molecule has 0 aliphatic carbocycles. The number of hydrogen-bond donors (Lipinski definition) is 0. The maximum Gasteiger partial charge on any atom is 0.266 e. The fourth-order valence-electron chi connectivity index (χ4n) is 3.96. The van der Waals surface area contributed by atoms with Gasteiger partial charge in [-0.3, -0.25) is 14.2 Å². The Kier molecular flexibility index (Phi) is 7.06. The van der Waals surface area contributed by atoms with Crippen LogP contribution in [0.3, 0.4) is 0 Å². The summed E-state index contributed by atoms with van der Waals surface area (Å²) in [6, 6.07) is 10.7. The average Bonchev–Trinajstić information content (AvgIpc) is 3.07. The molecule has 8 heteroatoms. The van der Waals surface area contributed by atoms with E-state index in [0.717, 1.165) is 44.3 Å². The van der Waals surface area contributed by atoms with Gasteiger partial charge in [0.1, 0.15) is 5.75 Å². The monoisotopic (exact) mass is 471 g/mol. The molecular weight excluding hydrogens is 446 g/mol. The van der Waals surface area contributed by atoms with E-state index in [1.165, 1.54) is 11.8 Å². The molecule has 0 unspecified atom stereocenters. The quantitative estimate of drug-likeness (QED) is 0.393. The van der Waals surface area contributed by atoms with E-state index in [0.29, 0.717) is 32.5 Å². The van der Waals surface area contributed by atoms with E-state index >= 15 is 0 Å². The zero-order valence-corrected chi connectivity index (χ0v) is 19.8. The number of methoxy groups -OCH3 is 1. The number of hydrogen-bond acceptors (Lipinski definition) is 5. The summed E-state index contributed by atoms with van der Waals surface area (Å²) in [6.07, 6.45) is 4.40. The van der Waals surface area contributed by atoms with E-state index in [1.54, 1.807) is 29.9 Å². The highest BCUT2D eigenvalue weighted by atomic mass is 35.5. The van der Waals surface area contributed by atoms with Gasteiger partial charge >= 0.3 is 0 Å². The van der Waals surface area contributed by atoms with Gasteiger partial charge in [0, 0.05) is 18.1 Å². The van der Waals surface area contributed by atoms with E-state index in [4.69, 9.17) is 21.3 Å². The lowest BCUT2D eigenvalue weighted by Gasteiger charge is -2.21. The molecule has 1 aliphatic rings. The maximum absolute atomic E-state index is 13.5. The lowest BCUT2D eigenvalue weighted by atomic mass is 10.2. The number of benzene rings is 2. The van der Waals surface area contributed by atoms with Crippen LogP contribution in [0.1, 0.15) is 31.2 Å². The van der Waals surface area contributed by atoms with Crippen molar-refractivity contribution in [3.8, 4) is 11.4 Å². The highest BCUT2D eigenvalue weighted by Crippen LogP contribution is 2.29. The third kappa shape index (κ3) is 4.79. The van der Waals surface area contributed by atoms with Gasteiger partial charge in [-0.05, 0) is 55.7 Å². The van der Waals surface area contributed by atoms with Crippen LogP contribution in [0.2, 0.25) is 5.02 Å². The van der Waals surface area contributed by atoms with E-state index in [9.17, 15) is 9.59 Å². The lowest BCUT2D eigenvalue weighted by molar-refractivity contribution is -0.128. The van der Waals surface area contributed by atoms with Crippen molar-refractivity contribution in [3.05, 3.63) is 57.3 Å². The number of rotatable bonds is 5. The van der Waals surface area contributed by atoms with Crippen molar-refractivity contribution < 1.29 is 9.53 Å². The molecule has 1 saturated heterocycles. The Balaban J connectivity index is 1.78. The van der Waals surface area contributed by atoms with Crippen molar-refractivity contribution in [2.45, 2.75) is 37.8 Å². The van der Waals surface area contributed by atoms with Gasteiger partial charge < -0.3 is 9.64 Å². The summed E-state index contributed by atoms with van der Waals surface area (Å²) in [4.78, 5) is 33.1. The fourth-order valence-corrected chi connectivity index (χ4v) is 5.03. The van der Waals surface area contributed by atoms with Crippen LogP contribution >= 0.6 is 23.4 Å². The number of fused-ring (bicyclic) bond motifs is 1. The van der Waals surface area contributed by atoms with Crippen LogP contribution in [-0.2, 0) is 4.79 Å². The van der Waals surface area contributed by atoms with Gasteiger partial charge in [-0.1, -0.05) is 42.3 Å². The highest BCUT2D eigenvalue weighted by Gasteiger charge is 2.20. The van der Waals surface area contributed by atoms with Gasteiger partial charge in [0.15, 0.2) is 5.16 Å². The minimum atomic E-state index is -0.222. The Morgan fingerprint density at radius 3 is 2.59 bits per heavy atom. The number of carbonyl (C=O) groups excluding carboxylic acids is 1. The van der Waals surface area contributed by atoms with Gasteiger partial charge in [0.05, 0.1) is 29.5 Å². The number of nitrogens with zero attached hydrogens (tertiary/aromatic N) is 3. The third-order valence-corrected chi connectivity index (χ3v) is 6.82. The second-order valence-corrected chi connectivity index (χ2v) is 9.33. The summed E-state index contributed by atoms with van der Waals surface area (Å²) >= 11 is 7.43. The Bertz CT molecular complexity index is 1200. The smallest absolute Gasteiger partial charge is 0.266 e. The molecule has 0 N–H and O–H groups in total. The van der Waals surface area contributed by atoms with Gasteiger partial charge in [-0.25, -0.2) is 4.98 Å². The Morgan fingerprint density at radius 1 is 1.12 bits per heavy atom. The van der Waals surface area contributed by atoms with Crippen molar-refractivity contribution >= 4 is 40.2 Å². The zero-order valence-electron chi connectivity index (χ0n) is 18.3. The molecule has 2 aromatic carbocycles. The van der Waals surface area contributed by atoms with Crippen molar-refractivity contribution in [2.75, 3.05) is 26.0 Å². The Hall–Kier alpha value is -2.51. The molecule has 0 radical (unpaired) electrons. The summed E-state index contributed by atoms with van der Waals surface area (Å²) in [5.41, 5.74) is 1.88. The van der Waals surface area contributed by atoms with Gasteiger partial charge in [-0.2, -0.15) is 0 Å². The number of ether oxygens (including phenoxy) is 1. The second kappa shape index (κ2) is 9.96. The van der Waals surface area contributed by atoms with Crippen LogP contribution in [-0.4, -0.2) is 46.3 Å². The van der Waals surface area contributed by atoms with E-state index in [1.807, 2.05) is 30.0 Å². The van der Waals surface area contributed by atoms with Crippen LogP contribution in [0.4, 0.5) is 0 Å². The number of amides is 1. The highest BCUT2D eigenvalue weighted by molar-refractivity contribution is 7.99. The lowest BCUT2D eigenvalue weighted by Crippen LogP contribution is -2.33. The number of aryl methyl sites for hydroxylation is 1. The molecule has 0 saturated carbocycles. The molecule has 1 aromatic heterocycles. The molecule has 1 amide bonds. The summed E-state index contributed by atoms with van der Waals surface area (Å²) in [7, 11) is 1.57. The van der Waals surface area contributed by atoms with E-state index in [2.05, 4.69) is 0 Å². The van der Waals surface area contributed by atoms with Crippen molar-refractivity contribution in [2.24, 2.45) is 0 Å². The number of thioether (sulfide) groups is 1. The first-order chi connectivity index (χ1) is 15.5. The molecular formula is C24H26ClN3O3S. The average molecular weight is 472 g/mol. The molecule has 32 heavy (non-hydrogen) atoms. The van der Waals surface area contributed by atoms with Gasteiger partial charge in [-0.15, -0.1) is 0 Å². The summed E-state index contributed by atoms with van der Waals surface area (Å²) in [6.45, 7) is 3.54. The predicted molar refractivity (Wildman–Crippen MR) is 129 cm³/mol. The van der Waals surface area contributed by atoms with Gasteiger partial charge in [0.2, 0.25) is 5.91 Å². The SMILES string of the molecule is COc1ccc(C)cc1-n1c(SCC(=O)N2CCCCCC2)nc2cc(Cl)ccc2c1=O. The molecule has 0 atom stereocenters. The molecule has 4 rings (SSSR count). The fraction of sp³-hybridized carbons (Fsp3) is 0.375. The standard InChI is InChI=1S/C24H26ClN3O3S/c1-16-7-10-21(31-2)20(13-16)28-23(30)18-9-8-17(25)14-19(18)26-24(28)32-15-22(29)27-11-5-3-4-6-12-27/h7-10,13-14H,3-6,11-12,15H2,1-2H3. The van der Waals surface area contributed by atoms with Crippen molar-refractivity contribution in [1.82, 2.24) is 14.5 Å². The summed E-state index contributed by atoms with van der Waals surface area (Å²) in [5, 5.41) is 1.41. The van der Waals surface area contributed by atoms with E-state index < -0.39 is 0 Å². The first-order valence-electron chi connectivity index (χ1n) is 10.8. The van der Waals surface area contributed by atoms with Crippen LogP contribution in [0.25, 0.3) is 16.6 Å². The molecule has 3 aromatic rings. The Morgan fingerprint density at radius 2 is 1.88 bits per heavy atom. The topological polar surface area (TPSA) is 64.4 Å². The molecule has 1 fully saturated rings. The van der Waals surface area contributed by atoms with Crippen LogP contribution in [0, 0.1) is 6.92 Å². The molecule has 1 aliphatic heterocycles. The number of aromatic nitrogens is 2. The zero-order chi connectivity index (χ0) is 22.7. The number of carbonyl (C=O) groups is 1. The minimum Gasteiger partial charge on any atom is -0.495 e. The first-order valence-corrected chi connectivity index (χ1v) is 12.1. The second-order valence-electron chi connectivity index (χ2n) is 7.96. The van der Waals surface area contributed by atoms with Crippen LogP contribution in [0.15, 0.2) is 46.3 Å². The number of halogens is 1. The first kappa shape index (κ1) is 22.7. The maximum atomic E-state index is 13.5. The van der Waals surface area contributed by atoms with Crippen LogP contribution < -0.4 is 10.3 Å². The molecule has 168 valence electrons. The molecule has 6 nitrogen and oxygen atoms in total. The van der Waals surface area contributed by atoms with Gasteiger partial charge in [0.25, 0.3) is 5.56 Å². The van der Waals surface area contributed by atoms with Crippen LogP contribution in [0.5, 0.6) is 5.75 Å².